The van der Waals surface area contributed by atoms with E-state index in [1.165, 1.54) is 0 Å². The third kappa shape index (κ3) is 5.12. The van der Waals surface area contributed by atoms with Crippen molar-refractivity contribution in [3.8, 4) is 5.75 Å². The Balaban J connectivity index is 1.30. The maximum atomic E-state index is 12.9. The van der Waals surface area contributed by atoms with Gasteiger partial charge in [0, 0.05) is 37.3 Å². The topological polar surface area (TPSA) is 49.9 Å². The lowest BCUT2D eigenvalue weighted by molar-refractivity contribution is 0.0535. The third-order valence-electron chi connectivity index (χ3n) is 5.50. The summed E-state index contributed by atoms with van der Waals surface area (Å²) in [4.78, 5) is 29.1. The van der Waals surface area contributed by atoms with E-state index in [0.29, 0.717) is 43.9 Å². The fourth-order valence-electron chi connectivity index (χ4n) is 3.61. The van der Waals surface area contributed by atoms with Gasteiger partial charge < -0.3 is 14.5 Å². The molecule has 1 fully saturated rings. The highest BCUT2D eigenvalue weighted by Crippen LogP contribution is 2.17. The van der Waals surface area contributed by atoms with Gasteiger partial charge in [-0.05, 0) is 48.9 Å². The van der Waals surface area contributed by atoms with Crippen molar-refractivity contribution in [1.82, 2.24) is 9.80 Å². The van der Waals surface area contributed by atoms with Crippen LogP contribution in [0.15, 0.2) is 78.9 Å². The van der Waals surface area contributed by atoms with Gasteiger partial charge in [-0.1, -0.05) is 48.0 Å². The molecule has 5 nitrogen and oxygen atoms in total. The summed E-state index contributed by atoms with van der Waals surface area (Å²) in [6, 6.07) is 24.8. The molecule has 0 bridgehead atoms. The van der Waals surface area contributed by atoms with Gasteiger partial charge in [0.1, 0.15) is 12.4 Å². The summed E-state index contributed by atoms with van der Waals surface area (Å²) in [5, 5.41) is 0. The van der Waals surface area contributed by atoms with E-state index in [4.69, 9.17) is 4.74 Å². The second-order valence-corrected chi connectivity index (χ2v) is 7.75. The van der Waals surface area contributed by atoms with E-state index < -0.39 is 0 Å². The van der Waals surface area contributed by atoms with Crippen LogP contribution in [0.25, 0.3) is 0 Å². The average molecular weight is 415 g/mol. The lowest BCUT2D eigenvalue weighted by Gasteiger charge is -2.35. The molecule has 0 spiro atoms. The van der Waals surface area contributed by atoms with Crippen molar-refractivity contribution < 1.29 is 14.3 Å². The van der Waals surface area contributed by atoms with Gasteiger partial charge in [0.25, 0.3) is 11.8 Å². The Morgan fingerprint density at radius 2 is 1.19 bits per heavy atom. The highest BCUT2D eigenvalue weighted by atomic mass is 16.5. The first-order chi connectivity index (χ1) is 15.1. The molecule has 3 aromatic carbocycles. The Morgan fingerprint density at radius 3 is 1.71 bits per heavy atom. The van der Waals surface area contributed by atoms with Crippen LogP contribution in [-0.2, 0) is 6.61 Å². The maximum absolute atomic E-state index is 12.9. The van der Waals surface area contributed by atoms with E-state index in [2.05, 4.69) is 0 Å². The molecule has 0 saturated carbocycles. The molecule has 31 heavy (non-hydrogen) atoms. The van der Waals surface area contributed by atoms with Gasteiger partial charge >= 0.3 is 0 Å². The second kappa shape index (κ2) is 9.47. The fourth-order valence-corrected chi connectivity index (χ4v) is 3.61. The van der Waals surface area contributed by atoms with Gasteiger partial charge in [0.2, 0.25) is 0 Å². The summed E-state index contributed by atoms with van der Waals surface area (Å²) in [5.41, 5.74) is 3.55. The van der Waals surface area contributed by atoms with Crippen molar-refractivity contribution >= 4 is 11.8 Å². The Morgan fingerprint density at radius 1 is 0.710 bits per heavy atom. The van der Waals surface area contributed by atoms with Crippen molar-refractivity contribution in [2.75, 3.05) is 26.2 Å². The summed E-state index contributed by atoms with van der Waals surface area (Å²) in [5.74, 6) is 0.734. The van der Waals surface area contributed by atoms with Crippen molar-refractivity contribution in [2.24, 2.45) is 0 Å². The zero-order valence-electron chi connectivity index (χ0n) is 17.7. The van der Waals surface area contributed by atoms with Gasteiger partial charge in [-0.3, -0.25) is 9.59 Å². The van der Waals surface area contributed by atoms with Crippen molar-refractivity contribution in [3.05, 3.63) is 101 Å². The lowest BCUT2D eigenvalue weighted by Crippen LogP contribution is -2.50. The fraction of sp³-hybridized carbons (Fsp3) is 0.231. The van der Waals surface area contributed by atoms with Crippen LogP contribution < -0.4 is 4.74 Å². The molecule has 2 amide bonds. The molecule has 0 N–H and O–H groups in total. The number of ether oxygens (including phenoxy) is 1. The van der Waals surface area contributed by atoms with Crippen molar-refractivity contribution in [2.45, 2.75) is 13.5 Å². The maximum Gasteiger partial charge on any atom is 0.253 e. The number of hydrogen-bond donors (Lipinski definition) is 0. The van der Waals surface area contributed by atoms with E-state index in [-0.39, 0.29) is 11.8 Å². The van der Waals surface area contributed by atoms with Crippen LogP contribution in [0.2, 0.25) is 0 Å². The molecule has 3 aromatic rings. The number of hydrogen-bond acceptors (Lipinski definition) is 3. The molecule has 1 aliphatic heterocycles. The Hall–Kier alpha value is -3.60. The van der Waals surface area contributed by atoms with Gasteiger partial charge in [-0.2, -0.15) is 0 Å². The SMILES string of the molecule is Cc1ccc(C(=O)N2CCN(C(=O)c3ccc(OCc4ccccc4)cc3)CC2)cc1. The van der Waals surface area contributed by atoms with E-state index in [0.717, 1.165) is 16.9 Å². The predicted octanol–water partition coefficient (Wildman–Crippen LogP) is 4.17. The van der Waals surface area contributed by atoms with E-state index in [1.807, 2.05) is 78.6 Å². The van der Waals surface area contributed by atoms with Gasteiger partial charge in [0.05, 0.1) is 0 Å². The van der Waals surface area contributed by atoms with Gasteiger partial charge in [-0.25, -0.2) is 0 Å². The highest BCUT2D eigenvalue weighted by molar-refractivity contribution is 5.96. The quantitative estimate of drug-likeness (QED) is 0.630. The minimum Gasteiger partial charge on any atom is -0.489 e. The summed E-state index contributed by atoms with van der Waals surface area (Å²) in [7, 11) is 0. The molecule has 1 heterocycles. The number of aryl methyl sites for hydroxylation is 1. The van der Waals surface area contributed by atoms with E-state index in [9.17, 15) is 9.59 Å². The smallest absolute Gasteiger partial charge is 0.253 e. The Kier molecular flexibility index (Phi) is 6.32. The monoisotopic (exact) mass is 414 g/mol. The zero-order valence-corrected chi connectivity index (χ0v) is 17.7. The summed E-state index contributed by atoms with van der Waals surface area (Å²) < 4.78 is 5.79. The number of carbonyl (C=O) groups is 2. The number of benzene rings is 3. The van der Waals surface area contributed by atoms with Crippen LogP contribution in [0, 0.1) is 6.92 Å². The summed E-state index contributed by atoms with van der Waals surface area (Å²) in [6.45, 7) is 4.63. The zero-order chi connectivity index (χ0) is 21.6. The average Bonchev–Trinajstić information content (AvgIpc) is 2.83. The number of nitrogens with zero attached hydrogens (tertiary/aromatic N) is 2. The predicted molar refractivity (Wildman–Crippen MR) is 120 cm³/mol. The van der Waals surface area contributed by atoms with Gasteiger partial charge in [0.15, 0.2) is 0 Å². The molecule has 4 rings (SSSR count). The molecule has 0 unspecified atom stereocenters. The number of piperazine rings is 1. The number of amides is 2. The molecule has 1 aliphatic rings. The lowest BCUT2D eigenvalue weighted by atomic mass is 10.1. The summed E-state index contributed by atoms with van der Waals surface area (Å²) in [6.07, 6.45) is 0. The second-order valence-electron chi connectivity index (χ2n) is 7.75. The first-order valence-corrected chi connectivity index (χ1v) is 10.5. The molecular weight excluding hydrogens is 388 g/mol. The molecule has 1 saturated heterocycles. The Bertz CT molecular complexity index is 1020. The first-order valence-electron chi connectivity index (χ1n) is 10.5. The minimum atomic E-state index is -0.0166. The molecular formula is C26H26N2O3. The first kappa shape index (κ1) is 20.7. The van der Waals surface area contributed by atoms with E-state index in [1.54, 1.807) is 17.0 Å². The number of rotatable bonds is 5. The largest absolute Gasteiger partial charge is 0.489 e. The van der Waals surface area contributed by atoms with Crippen molar-refractivity contribution in [3.63, 3.8) is 0 Å². The molecule has 158 valence electrons. The van der Waals surface area contributed by atoms with Crippen molar-refractivity contribution in [1.29, 1.82) is 0 Å². The molecule has 0 aliphatic carbocycles. The van der Waals surface area contributed by atoms with Crippen LogP contribution in [0.3, 0.4) is 0 Å². The number of carbonyl (C=O) groups excluding carboxylic acids is 2. The Labute approximate surface area is 182 Å². The molecule has 0 atom stereocenters. The van der Waals surface area contributed by atoms with Gasteiger partial charge in [-0.15, -0.1) is 0 Å². The van der Waals surface area contributed by atoms with Crippen LogP contribution >= 0.6 is 0 Å². The van der Waals surface area contributed by atoms with Crippen LogP contribution in [0.4, 0.5) is 0 Å². The molecule has 5 heteroatoms. The minimum absolute atomic E-state index is 0.0166. The molecule has 0 aromatic heterocycles. The summed E-state index contributed by atoms with van der Waals surface area (Å²) >= 11 is 0. The van der Waals surface area contributed by atoms with Crippen LogP contribution in [-0.4, -0.2) is 47.8 Å². The third-order valence-corrected chi connectivity index (χ3v) is 5.50. The van der Waals surface area contributed by atoms with Crippen LogP contribution in [0.5, 0.6) is 5.75 Å². The normalized spacial score (nSPS) is 13.7. The highest BCUT2D eigenvalue weighted by Gasteiger charge is 2.25. The van der Waals surface area contributed by atoms with Crippen LogP contribution in [0.1, 0.15) is 31.8 Å². The van der Waals surface area contributed by atoms with E-state index >= 15 is 0 Å². The standard InChI is InChI=1S/C26H26N2O3/c1-20-7-9-22(10-8-20)25(29)27-15-17-28(18-16-27)26(30)23-11-13-24(14-12-23)31-19-21-5-3-2-4-6-21/h2-14H,15-19H2,1H3. The molecule has 0 radical (unpaired) electrons.